The number of amides is 1. The predicted molar refractivity (Wildman–Crippen MR) is 99.2 cm³/mol. The maximum atomic E-state index is 12.9. The Hall–Kier alpha value is -2.63. The lowest BCUT2D eigenvalue weighted by atomic mass is 9.85. The van der Waals surface area contributed by atoms with E-state index in [-0.39, 0.29) is 12.3 Å². The standard InChI is InChI=1S/C20H25N3O3/c24-19(13-15-7-3-1-4-8-15)18-14-17(16-9-5-2-6-10-16)22-23(18)12-11-21-20(25)26/h2,5-6,9-10,14-15,21H,1,3-4,7-8,11-13H2,(H,25,26). The molecule has 0 unspecified atom stereocenters. The Bertz CT molecular complexity index is 749. The molecule has 0 saturated heterocycles. The fourth-order valence-corrected chi connectivity index (χ4v) is 3.59. The minimum Gasteiger partial charge on any atom is -0.465 e. The molecule has 1 amide bonds. The summed E-state index contributed by atoms with van der Waals surface area (Å²) in [6, 6.07) is 11.6. The second kappa shape index (κ2) is 8.65. The highest BCUT2D eigenvalue weighted by Crippen LogP contribution is 2.28. The van der Waals surface area contributed by atoms with Gasteiger partial charge in [-0.25, -0.2) is 4.79 Å². The molecule has 0 spiro atoms. The van der Waals surface area contributed by atoms with Crippen LogP contribution in [0.5, 0.6) is 0 Å². The quantitative estimate of drug-likeness (QED) is 0.736. The molecule has 0 bridgehead atoms. The van der Waals surface area contributed by atoms with Gasteiger partial charge in [0.2, 0.25) is 0 Å². The highest BCUT2D eigenvalue weighted by atomic mass is 16.4. The Morgan fingerprint density at radius 3 is 2.58 bits per heavy atom. The van der Waals surface area contributed by atoms with Gasteiger partial charge in [0.05, 0.1) is 12.2 Å². The summed E-state index contributed by atoms with van der Waals surface area (Å²) in [4.78, 5) is 23.6. The maximum Gasteiger partial charge on any atom is 0.404 e. The summed E-state index contributed by atoms with van der Waals surface area (Å²) in [6.45, 7) is 0.555. The van der Waals surface area contributed by atoms with Crippen molar-refractivity contribution in [3.05, 3.63) is 42.1 Å². The Kier molecular flexibility index (Phi) is 6.04. The average molecular weight is 355 g/mol. The number of Topliss-reactive ketones (excluding diaryl/α,β-unsaturated/α-hetero) is 1. The number of aromatic nitrogens is 2. The molecule has 6 nitrogen and oxygen atoms in total. The van der Waals surface area contributed by atoms with Gasteiger partial charge >= 0.3 is 6.09 Å². The monoisotopic (exact) mass is 355 g/mol. The van der Waals surface area contributed by atoms with Crippen LogP contribution in [0.25, 0.3) is 11.3 Å². The third kappa shape index (κ3) is 4.71. The molecule has 6 heteroatoms. The molecular formula is C20H25N3O3. The SMILES string of the molecule is O=C(O)NCCn1nc(-c2ccccc2)cc1C(=O)CC1CCCCC1. The smallest absolute Gasteiger partial charge is 0.404 e. The van der Waals surface area contributed by atoms with Crippen molar-refractivity contribution in [2.24, 2.45) is 5.92 Å². The zero-order valence-electron chi connectivity index (χ0n) is 14.9. The highest BCUT2D eigenvalue weighted by Gasteiger charge is 2.22. The van der Waals surface area contributed by atoms with Crippen LogP contribution in [0.4, 0.5) is 4.79 Å². The summed E-state index contributed by atoms with van der Waals surface area (Å²) in [5.74, 6) is 0.554. The molecule has 2 aromatic rings. The molecule has 1 aliphatic rings. The summed E-state index contributed by atoms with van der Waals surface area (Å²) in [7, 11) is 0. The van der Waals surface area contributed by atoms with E-state index in [1.54, 1.807) is 4.68 Å². The van der Waals surface area contributed by atoms with Crippen LogP contribution in [0.3, 0.4) is 0 Å². The first kappa shape index (κ1) is 18.2. The third-order valence-corrected chi connectivity index (χ3v) is 4.93. The number of ketones is 1. The lowest BCUT2D eigenvalue weighted by Crippen LogP contribution is -2.27. The van der Waals surface area contributed by atoms with Gasteiger partial charge in [-0.15, -0.1) is 0 Å². The van der Waals surface area contributed by atoms with Gasteiger partial charge in [-0.2, -0.15) is 5.10 Å². The van der Waals surface area contributed by atoms with Crippen molar-refractivity contribution in [1.29, 1.82) is 0 Å². The Morgan fingerprint density at radius 1 is 1.15 bits per heavy atom. The van der Waals surface area contributed by atoms with Gasteiger partial charge in [-0.05, 0) is 12.0 Å². The Morgan fingerprint density at radius 2 is 1.88 bits per heavy atom. The maximum absolute atomic E-state index is 12.9. The van der Waals surface area contributed by atoms with Gasteiger partial charge < -0.3 is 10.4 Å². The summed E-state index contributed by atoms with van der Waals surface area (Å²) in [5, 5.41) is 15.7. The molecule has 1 saturated carbocycles. The van der Waals surface area contributed by atoms with Crippen LogP contribution < -0.4 is 5.32 Å². The van der Waals surface area contributed by atoms with E-state index in [1.165, 1.54) is 19.3 Å². The van der Waals surface area contributed by atoms with E-state index < -0.39 is 6.09 Å². The molecule has 1 fully saturated rings. The Balaban J connectivity index is 1.79. The van der Waals surface area contributed by atoms with Crippen molar-refractivity contribution in [3.63, 3.8) is 0 Å². The number of nitrogens with zero attached hydrogens (tertiary/aromatic N) is 2. The van der Waals surface area contributed by atoms with Crippen molar-refractivity contribution >= 4 is 11.9 Å². The zero-order valence-corrected chi connectivity index (χ0v) is 14.9. The van der Waals surface area contributed by atoms with Gasteiger partial charge in [-0.1, -0.05) is 62.4 Å². The number of hydrogen-bond acceptors (Lipinski definition) is 3. The van der Waals surface area contributed by atoms with Gasteiger partial charge in [0.1, 0.15) is 5.69 Å². The second-order valence-electron chi connectivity index (χ2n) is 6.87. The van der Waals surface area contributed by atoms with Crippen molar-refractivity contribution in [1.82, 2.24) is 15.1 Å². The first-order valence-corrected chi connectivity index (χ1v) is 9.27. The predicted octanol–water partition coefficient (Wildman–Crippen LogP) is 3.97. The van der Waals surface area contributed by atoms with Gasteiger partial charge in [0.15, 0.2) is 5.78 Å². The molecule has 0 atom stereocenters. The number of hydrogen-bond donors (Lipinski definition) is 2. The van der Waals surface area contributed by atoms with E-state index in [2.05, 4.69) is 10.4 Å². The van der Waals surface area contributed by atoms with Crippen LogP contribution in [-0.4, -0.2) is 33.3 Å². The molecule has 26 heavy (non-hydrogen) atoms. The van der Waals surface area contributed by atoms with Crippen LogP contribution in [0.15, 0.2) is 36.4 Å². The van der Waals surface area contributed by atoms with E-state index in [4.69, 9.17) is 5.11 Å². The third-order valence-electron chi connectivity index (χ3n) is 4.93. The molecule has 1 aliphatic carbocycles. The number of carboxylic acid groups (broad SMARTS) is 1. The first-order valence-electron chi connectivity index (χ1n) is 9.27. The first-order chi connectivity index (χ1) is 12.6. The normalized spacial score (nSPS) is 14.9. The number of carbonyl (C=O) groups excluding carboxylic acids is 1. The molecular weight excluding hydrogens is 330 g/mol. The lowest BCUT2D eigenvalue weighted by molar-refractivity contribution is 0.0939. The average Bonchev–Trinajstić information content (AvgIpc) is 3.07. The van der Waals surface area contributed by atoms with Crippen molar-refractivity contribution in [3.8, 4) is 11.3 Å². The molecule has 1 heterocycles. The van der Waals surface area contributed by atoms with Crippen LogP contribution in [-0.2, 0) is 6.54 Å². The molecule has 1 aromatic carbocycles. The molecule has 138 valence electrons. The molecule has 0 radical (unpaired) electrons. The van der Waals surface area contributed by atoms with Crippen molar-refractivity contribution < 1.29 is 14.7 Å². The van der Waals surface area contributed by atoms with Gasteiger partial charge in [0, 0.05) is 18.5 Å². The van der Waals surface area contributed by atoms with E-state index in [0.717, 1.165) is 24.1 Å². The number of carbonyl (C=O) groups is 2. The fraction of sp³-hybridized carbons (Fsp3) is 0.450. The molecule has 1 aromatic heterocycles. The fourth-order valence-electron chi connectivity index (χ4n) is 3.59. The zero-order chi connectivity index (χ0) is 18.4. The molecule has 2 N–H and O–H groups in total. The number of nitrogens with one attached hydrogen (secondary N) is 1. The van der Waals surface area contributed by atoms with Crippen molar-refractivity contribution in [2.75, 3.05) is 6.54 Å². The van der Waals surface area contributed by atoms with E-state index in [0.29, 0.717) is 24.6 Å². The van der Waals surface area contributed by atoms with Crippen LogP contribution in [0.1, 0.15) is 49.0 Å². The van der Waals surface area contributed by atoms with E-state index >= 15 is 0 Å². The highest BCUT2D eigenvalue weighted by molar-refractivity contribution is 5.95. The van der Waals surface area contributed by atoms with Crippen LogP contribution >= 0.6 is 0 Å². The summed E-state index contributed by atoms with van der Waals surface area (Å²) >= 11 is 0. The minimum absolute atomic E-state index is 0.0990. The topological polar surface area (TPSA) is 84.2 Å². The van der Waals surface area contributed by atoms with Crippen LogP contribution in [0, 0.1) is 5.92 Å². The summed E-state index contributed by atoms with van der Waals surface area (Å²) in [5.41, 5.74) is 2.26. The Labute approximate surface area is 153 Å². The van der Waals surface area contributed by atoms with Gasteiger partial charge in [-0.3, -0.25) is 9.48 Å². The van der Waals surface area contributed by atoms with E-state index in [1.807, 2.05) is 36.4 Å². The van der Waals surface area contributed by atoms with Crippen molar-refractivity contribution in [2.45, 2.75) is 45.1 Å². The number of benzene rings is 1. The molecule has 3 rings (SSSR count). The minimum atomic E-state index is -1.07. The number of rotatable bonds is 7. The summed E-state index contributed by atoms with van der Waals surface area (Å²) in [6.07, 6.45) is 5.38. The van der Waals surface area contributed by atoms with E-state index in [9.17, 15) is 9.59 Å². The summed E-state index contributed by atoms with van der Waals surface area (Å²) < 4.78 is 1.64. The second-order valence-corrected chi connectivity index (χ2v) is 6.87. The molecule has 0 aliphatic heterocycles. The lowest BCUT2D eigenvalue weighted by Gasteiger charge is -2.20. The van der Waals surface area contributed by atoms with Gasteiger partial charge in [0.25, 0.3) is 0 Å². The largest absolute Gasteiger partial charge is 0.465 e. The van der Waals surface area contributed by atoms with Crippen LogP contribution in [0.2, 0.25) is 0 Å².